The van der Waals surface area contributed by atoms with Gasteiger partial charge >= 0.3 is 6.09 Å². The number of H-pyrrole nitrogens is 1. The summed E-state index contributed by atoms with van der Waals surface area (Å²) in [6.45, 7) is 1.02. The maximum atomic E-state index is 12.3. The molecule has 29 heavy (non-hydrogen) atoms. The Bertz CT molecular complexity index is 1070. The van der Waals surface area contributed by atoms with Crippen molar-refractivity contribution in [2.45, 2.75) is 25.5 Å². The fraction of sp³-hybridized carbons (Fsp3) is 0.286. The minimum Gasteiger partial charge on any atom is -0.490 e. The first kappa shape index (κ1) is 18.8. The fourth-order valence-corrected chi connectivity index (χ4v) is 3.52. The second-order valence-electron chi connectivity index (χ2n) is 6.90. The first-order valence-corrected chi connectivity index (χ1v) is 9.42. The number of amides is 1. The number of nitrogens with one attached hydrogen (secondary N) is 1. The van der Waals surface area contributed by atoms with E-state index in [-0.39, 0.29) is 18.2 Å². The van der Waals surface area contributed by atoms with Gasteiger partial charge in [0.15, 0.2) is 0 Å². The standard InChI is InChI=1S/C21H21N3O5/c25-20-19-17(22-13-23-20)9-16(28-11-14-5-2-1-3-6-14)10-18(19)29-12-15-7-4-8-24(15)21(26)27/h1-3,5-6,9-10,13,15H,4,7-8,11-12H2,(H,26,27)(H,22,23,25). The summed E-state index contributed by atoms with van der Waals surface area (Å²) in [5.41, 5.74) is 1.15. The summed E-state index contributed by atoms with van der Waals surface area (Å²) in [6, 6.07) is 12.8. The molecule has 0 saturated carbocycles. The van der Waals surface area contributed by atoms with Crippen LogP contribution >= 0.6 is 0 Å². The topological polar surface area (TPSA) is 105 Å². The first-order chi connectivity index (χ1) is 14.1. The molecular formula is C21H21N3O5. The van der Waals surface area contributed by atoms with Crippen LogP contribution in [0.1, 0.15) is 18.4 Å². The van der Waals surface area contributed by atoms with Gasteiger partial charge in [-0.15, -0.1) is 0 Å². The number of hydrogen-bond donors (Lipinski definition) is 2. The zero-order valence-electron chi connectivity index (χ0n) is 15.7. The quantitative estimate of drug-likeness (QED) is 0.665. The molecule has 4 rings (SSSR count). The lowest BCUT2D eigenvalue weighted by Gasteiger charge is -2.22. The predicted molar refractivity (Wildman–Crippen MR) is 106 cm³/mol. The molecule has 1 aromatic heterocycles. The molecule has 1 fully saturated rings. The molecule has 0 radical (unpaired) electrons. The van der Waals surface area contributed by atoms with Gasteiger partial charge in [-0.1, -0.05) is 30.3 Å². The Balaban J connectivity index is 1.59. The number of carboxylic acid groups (broad SMARTS) is 1. The molecule has 2 aromatic carbocycles. The van der Waals surface area contributed by atoms with Crippen LogP contribution in [0.25, 0.3) is 10.9 Å². The third kappa shape index (κ3) is 4.16. The molecule has 8 nitrogen and oxygen atoms in total. The highest BCUT2D eigenvalue weighted by Gasteiger charge is 2.29. The molecule has 1 aliphatic rings. The molecule has 150 valence electrons. The predicted octanol–water partition coefficient (Wildman–Crippen LogP) is 3.02. The van der Waals surface area contributed by atoms with Crippen molar-refractivity contribution < 1.29 is 19.4 Å². The zero-order chi connectivity index (χ0) is 20.2. The van der Waals surface area contributed by atoms with Gasteiger partial charge in [-0.25, -0.2) is 9.78 Å². The van der Waals surface area contributed by atoms with E-state index in [1.165, 1.54) is 11.2 Å². The number of likely N-dealkylation sites (tertiary alicyclic amines) is 1. The second-order valence-corrected chi connectivity index (χ2v) is 6.90. The number of nitrogens with zero attached hydrogens (tertiary/aromatic N) is 2. The molecular weight excluding hydrogens is 374 g/mol. The largest absolute Gasteiger partial charge is 0.490 e. The van der Waals surface area contributed by atoms with Gasteiger partial charge in [-0.2, -0.15) is 0 Å². The van der Waals surface area contributed by atoms with Gasteiger partial charge in [0.2, 0.25) is 0 Å². The lowest BCUT2D eigenvalue weighted by Crippen LogP contribution is -2.38. The molecule has 1 unspecified atom stereocenters. The van der Waals surface area contributed by atoms with Gasteiger partial charge in [-0.05, 0) is 18.4 Å². The first-order valence-electron chi connectivity index (χ1n) is 9.42. The van der Waals surface area contributed by atoms with E-state index in [1.807, 2.05) is 30.3 Å². The Hall–Kier alpha value is -3.55. The minimum absolute atomic E-state index is 0.165. The van der Waals surface area contributed by atoms with Crippen LogP contribution in [-0.4, -0.2) is 45.3 Å². The molecule has 8 heteroatoms. The Morgan fingerprint density at radius 2 is 2.07 bits per heavy atom. The normalized spacial score (nSPS) is 16.1. The molecule has 0 aliphatic carbocycles. The van der Waals surface area contributed by atoms with Crippen LogP contribution in [0.4, 0.5) is 4.79 Å². The van der Waals surface area contributed by atoms with E-state index in [0.717, 1.165) is 18.4 Å². The number of carbonyl (C=O) groups is 1. The summed E-state index contributed by atoms with van der Waals surface area (Å²) in [4.78, 5) is 31.8. The second kappa shape index (κ2) is 8.22. The Kier molecular flexibility index (Phi) is 5.33. The van der Waals surface area contributed by atoms with Crippen LogP contribution in [0, 0.1) is 0 Å². The Morgan fingerprint density at radius 1 is 1.24 bits per heavy atom. The average Bonchev–Trinajstić information content (AvgIpc) is 3.20. The highest BCUT2D eigenvalue weighted by molar-refractivity contribution is 5.85. The lowest BCUT2D eigenvalue weighted by atomic mass is 10.2. The van der Waals surface area contributed by atoms with Crippen LogP contribution < -0.4 is 15.0 Å². The number of rotatable bonds is 6. The van der Waals surface area contributed by atoms with E-state index >= 15 is 0 Å². The molecule has 3 aromatic rings. The van der Waals surface area contributed by atoms with E-state index < -0.39 is 6.09 Å². The third-order valence-electron chi connectivity index (χ3n) is 4.98. The number of hydrogen-bond acceptors (Lipinski definition) is 5. The van der Waals surface area contributed by atoms with Crippen molar-refractivity contribution in [2.75, 3.05) is 13.2 Å². The molecule has 0 spiro atoms. The van der Waals surface area contributed by atoms with Crippen molar-refractivity contribution in [1.29, 1.82) is 0 Å². The molecule has 1 aliphatic heterocycles. The van der Waals surface area contributed by atoms with Crippen molar-refractivity contribution in [2.24, 2.45) is 0 Å². The van der Waals surface area contributed by atoms with Gasteiger partial charge in [0.05, 0.1) is 17.9 Å². The average molecular weight is 395 g/mol. The van der Waals surface area contributed by atoms with Gasteiger partial charge in [0, 0.05) is 18.7 Å². The highest BCUT2D eigenvalue weighted by atomic mass is 16.5. The van der Waals surface area contributed by atoms with Gasteiger partial charge in [0.25, 0.3) is 5.56 Å². The molecule has 0 bridgehead atoms. The number of benzene rings is 2. The molecule has 2 N–H and O–H groups in total. The maximum absolute atomic E-state index is 12.3. The Labute approximate surface area is 166 Å². The minimum atomic E-state index is -0.958. The zero-order valence-corrected chi connectivity index (χ0v) is 15.7. The van der Waals surface area contributed by atoms with E-state index in [2.05, 4.69) is 9.97 Å². The van der Waals surface area contributed by atoms with Crippen molar-refractivity contribution in [3.05, 3.63) is 64.7 Å². The summed E-state index contributed by atoms with van der Waals surface area (Å²) in [5, 5.41) is 9.62. The third-order valence-corrected chi connectivity index (χ3v) is 4.98. The number of aromatic nitrogens is 2. The smallest absolute Gasteiger partial charge is 0.407 e. The van der Waals surface area contributed by atoms with Crippen molar-refractivity contribution in [1.82, 2.24) is 14.9 Å². The Morgan fingerprint density at radius 3 is 2.86 bits per heavy atom. The van der Waals surface area contributed by atoms with E-state index in [1.54, 1.807) is 12.1 Å². The number of ether oxygens (including phenoxy) is 2. The van der Waals surface area contributed by atoms with Crippen molar-refractivity contribution >= 4 is 17.0 Å². The maximum Gasteiger partial charge on any atom is 0.407 e. The summed E-state index contributed by atoms with van der Waals surface area (Å²) in [6.07, 6.45) is 1.89. The number of aromatic amines is 1. The van der Waals surface area contributed by atoms with Gasteiger partial charge < -0.3 is 24.5 Å². The van der Waals surface area contributed by atoms with Gasteiger partial charge in [0.1, 0.15) is 30.1 Å². The highest BCUT2D eigenvalue weighted by Crippen LogP contribution is 2.29. The van der Waals surface area contributed by atoms with Gasteiger partial charge in [-0.3, -0.25) is 4.79 Å². The van der Waals surface area contributed by atoms with E-state index in [9.17, 15) is 14.7 Å². The summed E-state index contributed by atoms with van der Waals surface area (Å²) < 4.78 is 11.8. The molecule has 1 amide bonds. The van der Waals surface area contributed by atoms with Crippen LogP contribution in [0.3, 0.4) is 0 Å². The molecule has 2 heterocycles. The van der Waals surface area contributed by atoms with Crippen molar-refractivity contribution in [3.63, 3.8) is 0 Å². The van der Waals surface area contributed by atoms with Crippen LogP contribution in [0.2, 0.25) is 0 Å². The SMILES string of the molecule is O=C(O)N1CCCC1COc1cc(OCc2ccccc2)cc2nc[nH]c(=O)c12. The summed E-state index contributed by atoms with van der Waals surface area (Å²) >= 11 is 0. The summed E-state index contributed by atoms with van der Waals surface area (Å²) in [5.74, 6) is 0.855. The van der Waals surface area contributed by atoms with Crippen LogP contribution in [0.5, 0.6) is 11.5 Å². The van der Waals surface area contributed by atoms with E-state index in [0.29, 0.717) is 35.6 Å². The number of fused-ring (bicyclic) bond motifs is 1. The van der Waals surface area contributed by atoms with E-state index in [4.69, 9.17) is 9.47 Å². The van der Waals surface area contributed by atoms with Crippen LogP contribution in [0.15, 0.2) is 53.6 Å². The fourth-order valence-electron chi connectivity index (χ4n) is 3.52. The monoisotopic (exact) mass is 395 g/mol. The van der Waals surface area contributed by atoms with Crippen molar-refractivity contribution in [3.8, 4) is 11.5 Å². The molecule has 1 saturated heterocycles. The van der Waals surface area contributed by atoms with Crippen LogP contribution in [-0.2, 0) is 6.61 Å². The lowest BCUT2D eigenvalue weighted by molar-refractivity contribution is 0.123. The summed E-state index contributed by atoms with van der Waals surface area (Å²) in [7, 11) is 0. The molecule has 1 atom stereocenters.